The Morgan fingerprint density at radius 2 is 1.48 bits per heavy atom. The molecule has 0 unspecified atom stereocenters. The van der Waals surface area contributed by atoms with Gasteiger partial charge < -0.3 is 0 Å². The maximum absolute atomic E-state index is 2.43. The van der Waals surface area contributed by atoms with Crippen molar-refractivity contribution in [2.45, 2.75) is 19.6 Å². The molecule has 0 N–H and O–H groups in total. The molecular weight excluding hydrogens is 308 g/mol. The lowest BCUT2D eigenvalue weighted by Crippen LogP contribution is -2.39. The van der Waals surface area contributed by atoms with Gasteiger partial charge >= 0.3 is 0 Å². The van der Waals surface area contributed by atoms with E-state index in [0.29, 0.717) is 0 Å². The maximum atomic E-state index is 2.43. The lowest BCUT2D eigenvalue weighted by molar-refractivity contribution is 1.58. The predicted molar refractivity (Wildman–Crippen MR) is 110 cm³/mol. The molecule has 0 amide bonds. The molecule has 0 aromatic heterocycles. The van der Waals surface area contributed by atoms with Crippen LogP contribution in [0.2, 0.25) is 19.6 Å². The molecule has 3 aromatic carbocycles. The number of benzene rings is 3. The Balaban J connectivity index is 2.17. The number of rotatable bonds is 3. The zero-order valence-electron chi connectivity index (χ0n) is 14.4. The molecule has 0 spiro atoms. The van der Waals surface area contributed by atoms with E-state index in [1.807, 2.05) is 0 Å². The third kappa shape index (κ3) is 3.24. The van der Waals surface area contributed by atoms with Gasteiger partial charge in [0.1, 0.15) is 0 Å². The summed E-state index contributed by atoms with van der Waals surface area (Å²) in [5, 5.41) is 4.18. The first-order chi connectivity index (χ1) is 11.0. The van der Waals surface area contributed by atoms with Crippen LogP contribution in [0.4, 0.5) is 0 Å². The number of fused-ring (bicyclic) bond motifs is 1. The molecule has 2 heteroatoms. The second-order valence-corrected chi connectivity index (χ2v) is 12.7. The Bertz CT molecular complexity index is 870. The lowest BCUT2D eigenvalue weighted by atomic mass is 9.97. The summed E-state index contributed by atoms with van der Waals surface area (Å²) in [5.74, 6) is 0. The molecule has 3 rings (SSSR count). The van der Waals surface area contributed by atoms with E-state index in [2.05, 4.69) is 92.1 Å². The molecule has 0 aliphatic rings. The molecule has 0 heterocycles. The van der Waals surface area contributed by atoms with Crippen LogP contribution in [-0.4, -0.2) is 18.3 Å². The summed E-state index contributed by atoms with van der Waals surface area (Å²) in [4.78, 5) is 0. The van der Waals surface area contributed by atoms with E-state index in [1.54, 1.807) is 5.19 Å². The van der Waals surface area contributed by atoms with Gasteiger partial charge in [-0.1, -0.05) is 91.2 Å². The lowest BCUT2D eigenvalue weighted by Gasteiger charge is -2.23. The van der Waals surface area contributed by atoms with E-state index >= 15 is 0 Å². The first-order valence-electron chi connectivity index (χ1n) is 8.26. The Labute approximate surface area is 143 Å². The number of hydrogen-bond acceptors (Lipinski definition) is 0. The molecule has 0 nitrogen and oxygen atoms in total. The van der Waals surface area contributed by atoms with Gasteiger partial charge in [0.05, 0.1) is 8.07 Å². The second kappa shape index (κ2) is 6.30. The van der Waals surface area contributed by atoms with Crippen LogP contribution >= 0.6 is 0 Å². The van der Waals surface area contributed by atoms with Crippen molar-refractivity contribution in [1.29, 1.82) is 0 Å². The zero-order valence-corrected chi connectivity index (χ0v) is 17.4. The molecular formula is C21H24Si2. The quantitative estimate of drug-likeness (QED) is 0.632. The van der Waals surface area contributed by atoms with Gasteiger partial charge in [0, 0.05) is 10.2 Å². The van der Waals surface area contributed by atoms with Gasteiger partial charge in [-0.05, 0) is 33.5 Å². The van der Waals surface area contributed by atoms with Crippen molar-refractivity contribution in [3.05, 3.63) is 83.6 Å². The highest BCUT2D eigenvalue weighted by atomic mass is 28.3. The van der Waals surface area contributed by atoms with Gasteiger partial charge in [-0.3, -0.25) is 0 Å². The largest absolute Gasteiger partial charge is 0.0971 e. The van der Waals surface area contributed by atoms with Crippen LogP contribution in [0.25, 0.3) is 16.3 Å². The van der Waals surface area contributed by atoms with Crippen LogP contribution < -0.4 is 5.19 Å². The van der Waals surface area contributed by atoms with Crippen LogP contribution in [0.3, 0.4) is 0 Å². The molecule has 0 bridgehead atoms. The van der Waals surface area contributed by atoms with Crippen molar-refractivity contribution in [2.75, 3.05) is 0 Å². The Kier molecular flexibility index (Phi) is 4.38. The van der Waals surface area contributed by atoms with Gasteiger partial charge in [0.15, 0.2) is 0 Å². The van der Waals surface area contributed by atoms with E-state index in [4.69, 9.17) is 0 Å². The van der Waals surface area contributed by atoms with Gasteiger partial charge in [0.25, 0.3) is 0 Å². The fraction of sp³-hybridized carbons (Fsp3) is 0.143. The van der Waals surface area contributed by atoms with E-state index < -0.39 is 8.07 Å². The Morgan fingerprint density at radius 3 is 2.17 bits per heavy atom. The Hall–Kier alpha value is -1.91. The van der Waals surface area contributed by atoms with E-state index in [0.717, 1.165) is 10.2 Å². The van der Waals surface area contributed by atoms with Crippen LogP contribution in [0.15, 0.2) is 72.4 Å². The zero-order chi connectivity index (χ0) is 16.4. The molecule has 0 radical (unpaired) electrons. The van der Waals surface area contributed by atoms with Crippen molar-refractivity contribution in [2.24, 2.45) is 0 Å². The predicted octanol–water partition coefficient (Wildman–Crippen LogP) is 4.14. The van der Waals surface area contributed by atoms with Crippen molar-refractivity contribution in [1.82, 2.24) is 0 Å². The summed E-state index contributed by atoms with van der Waals surface area (Å²) in [6, 6.07) is 24.4. The van der Waals surface area contributed by atoms with E-state index in [1.165, 1.54) is 27.5 Å². The summed E-state index contributed by atoms with van der Waals surface area (Å²) in [5.41, 5.74) is 6.56. The molecule has 116 valence electrons. The molecule has 0 saturated carbocycles. The molecule has 0 saturated heterocycles. The molecule has 0 aliphatic carbocycles. The minimum absolute atomic E-state index is 1.06. The Morgan fingerprint density at radius 1 is 0.826 bits per heavy atom. The average Bonchev–Trinajstić information content (AvgIpc) is 2.55. The molecule has 0 aliphatic heterocycles. The van der Waals surface area contributed by atoms with Gasteiger partial charge in [0.2, 0.25) is 0 Å². The van der Waals surface area contributed by atoms with Crippen molar-refractivity contribution >= 4 is 39.8 Å². The van der Waals surface area contributed by atoms with Gasteiger partial charge in [-0.2, -0.15) is 0 Å². The van der Waals surface area contributed by atoms with Gasteiger partial charge in [-0.15, -0.1) is 0 Å². The third-order valence-corrected chi connectivity index (χ3v) is 7.00. The maximum Gasteiger partial charge on any atom is 0.0784 e. The topological polar surface area (TPSA) is 0 Å². The summed E-state index contributed by atoms with van der Waals surface area (Å²) in [6.45, 7) is 7.28. The minimum atomic E-state index is -1.37. The molecule has 23 heavy (non-hydrogen) atoms. The van der Waals surface area contributed by atoms with Crippen LogP contribution in [0.1, 0.15) is 11.1 Å². The van der Waals surface area contributed by atoms with E-state index in [9.17, 15) is 0 Å². The smallest absolute Gasteiger partial charge is 0.0784 e. The summed E-state index contributed by atoms with van der Waals surface area (Å²) in [7, 11) is -0.308. The highest BCUT2D eigenvalue weighted by Crippen LogP contribution is 2.26. The SMILES string of the molecule is C[Si](C)(C)c1ccccc1C(=C[SiH3])c1ccc2ccccc2c1. The minimum Gasteiger partial charge on any atom is -0.0971 e. The molecule has 0 atom stereocenters. The van der Waals surface area contributed by atoms with Gasteiger partial charge in [-0.25, -0.2) is 0 Å². The standard InChI is InChI=1S/C21H24Si2/c1-23(2,3)21-11-7-6-10-19(21)20(15-22)18-13-12-16-8-4-5-9-17(16)14-18/h4-15H,1-3,22H3. The fourth-order valence-corrected chi connectivity index (χ4v) is 5.47. The van der Waals surface area contributed by atoms with E-state index in [-0.39, 0.29) is 0 Å². The summed E-state index contributed by atoms with van der Waals surface area (Å²) >= 11 is 0. The van der Waals surface area contributed by atoms with Crippen LogP contribution in [-0.2, 0) is 0 Å². The second-order valence-electron chi connectivity index (χ2n) is 7.06. The summed E-state index contributed by atoms with van der Waals surface area (Å²) in [6.07, 6.45) is 0. The average molecular weight is 333 g/mol. The van der Waals surface area contributed by atoms with Crippen molar-refractivity contribution in [3.63, 3.8) is 0 Å². The third-order valence-electron chi connectivity index (χ3n) is 4.37. The first kappa shape index (κ1) is 16.0. The highest BCUT2D eigenvalue weighted by molar-refractivity contribution is 6.89. The molecule has 0 fully saturated rings. The molecule has 3 aromatic rings. The van der Waals surface area contributed by atoms with Crippen molar-refractivity contribution < 1.29 is 0 Å². The normalized spacial score (nSPS) is 12.7. The van der Waals surface area contributed by atoms with Crippen molar-refractivity contribution in [3.8, 4) is 0 Å². The number of hydrogen-bond donors (Lipinski definition) is 0. The fourth-order valence-electron chi connectivity index (χ4n) is 3.21. The highest BCUT2D eigenvalue weighted by Gasteiger charge is 2.21. The monoisotopic (exact) mass is 332 g/mol. The van der Waals surface area contributed by atoms with Crippen LogP contribution in [0.5, 0.6) is 0 Å². The van der Waals surface area contributed by atoms with Crippen LogP contribution in [0, 0.1) is 0 Å². The first-order valence-corrected chi connectivity index (χ1v) is 12.9. The summed E-state index contributed by atoms with van der Waals surface area (Å²) < 4.78 is 0.